The van der Waals surface area contributed by atoms with Crippen LogP contribution >= 0.6 is 11.8 Å². The van der Waals surface area contributed by atoms with Gasteiger partial charge in [0.05, 0.1) is 0 Å². The number of nitrogens with one attached hydrogen (secondary N) is 2. The zero-order chi connectivity index (χ0) is 6.53. The lowest BCUT2D eigenvalue weighted by molar-refractivity contribution is 0.447. The Balaban J connectivity index is 2.08. The molecule has 0 aromatic heterocycles. The average molecular weight is 146 g/mol. The highest BCUT2D eigenvalue weighted by molar-refractivity contribution is 7.98. The highest BCUT2D eigenvalue weighted by atomic mass is 32.2. The van der Waals surface area contributed by atoms with E-state index < -0.39 is 0 Å². The number of hydrogen-bond acceptors (Lipinski definition) is 3. The molecule has 1 aliphatic rings. The van der Waals surface area contributed by atoms with Crippen LogP contribution in [0.1, 0.15) is 0 Å². The Morgan fingerprint density at radius 3 is 3.00 bits per heavy atom. The van der Waals surface area contributed by atoms with Crippen molar-refractivity contribution in [2.24, 2.45) is 0 Å². The molecule has 1 heterocycles. The zero-order valence-corrected chi connectivity index (χ0v) is 6.63. The van der Waals surface area contributed by atoms with Gasteiger partial charge in [0, 0.05) is 31.4 Å². The molecule has 9 heavy (non-hydrogen) atoms. The molecule has 0 aromatic rings. The Hall–Kier alpha value is 0.270. The van der Waals surface area contributed by atoms with E-state index in [2.05, 4.69) is 16.9 Å². The SMILES string of the molecule is CSCC1CNCCN1. The first kappa shape index (κ1) is 7.38. The van der Waals surface area contributed by atoms with Crippen LogP contribution in [0, 0.1) is 0 Å². The molecule has 0 aromatic carbocycles. The van der Waals surface area contributed by atoms with Crippen LogP contribution in [-0.2, 0) is 0 Å². The van der Waals surface area contributed by atoms with Crippen molar-refractivity contribution >= 4 is 11.8 Å². The van der Waals surface area contributed by atoms with Crippen LogP contribution in [0.25, 0.3) is 0 Å². The zero-order valence-electron chi connectivity index (χ0n) is 5.81. The van der Waals surface area contributed by atoms with Gasteiger partial charge in [0.2, 0.25) is 0 Å². The second-order valence-corrected chi connectivity index (χ2v) is 3.22. The molecule has 1 fully saturated rings. The summed E-state index contributed by atoms with van der Waals surface area (Å²) in [6, 6.07) is 0.703. The van der Waals surface area contributed by atoms with Crippen molar-refractivity contribution in [3.05, 3.63) is 0 Å². The van der Waals surface area contributed by atoms with E-state index in [-0.39, 0.29) is 0 Å². The smallest absolute Gasteiger partial charge is 0.0283 e. The van der Waals surface area contributed by atoms with Crippen LogP contribution in [-0.4, -0.2) is 37.7 Å². The molecular formula is C6H14N2S. The molecule has 0 bridgehead atoms. The Morgan fingerprint density at radius 2 is 2.44 bits per heavy atom. The summed E-state index contributed by atoms with van der Waals surface area (Å²) in [5.41, 5.74) is 0. The first-order valence-corrected chi connectivity index (χ1v) is 4.76. The second-order valence-electron chi connectivity index (χ2n) is 2.31. The molecule has 3 heteroatoms. The predicted octanol–water partition coefficient (Wildman–Crippen LogP) is -0.0892. The summed E-state index contributed by atoms with van der Waals surface area (Å²) in [6.07, 6.45) is 2.15. The fraction of sp³-hybridized carbons (Fsp3) is 1.00. The van der Waals surface area contributed by atoms with Crippen molar-refractivity contribution < 1.29 is 0 Å². The quantitative estimate of drug-likeness (QED) is 0.569. The lowest BCUT2D eigenvalue weighted by atomic mass is 10.3. The molecule has 54 valence electrons. The van der Waals surface area contributed by atoms with Gasteiger partial charge in [0.1, 0.15) is 0 Å². The summed E-state index contributed by atoms with van der Waals surface area (Å²) in [7, 11) is 0. The molecule has 0 saturated carbocycles. The van der Waals surface area contributed by atoms with Gasteiger partial charge in [-0.05, 0) is 6.26 Å². The number of hydrogen-bond donors (Lipinski definition) is 2. The topological polar surface area (TPSA) is 24.1 Å². The Kier molecular flexibility index (Phi) is 3.40. The van der Waals surface area contributed by atoms with Crippen LogP contribution in [0.4, 0.5) is 0 Å². The highest BCUT2D eigenvalue weighted by Crippen LogP contribution is 1.97. The molecule has 2 nitrogen and oxygen atoms in total. The summed E-state index contributed by atoms with van der Waals surface area (Å²) >= 11 is 1.91. The van der Waals surface area contributed by atoms with Crippen LogP contribution < -0.4 is 10.6 Å². The van der Waals surface area contributed by atoms with E-state index in [1.54, 1.807) is 0 Å². The van der Waals surface area contributed by atoms with E-state index in [0.29, 0.717) is 6.04 Å². The van der Waals surface area contributed by atoms with Crippen molar-refractivity contribution in [3.8, 4) is 0 Å². The van der Waals surface area contributed by atoms with Gasteiger partial charge in [-0.2, -0.15) is 11.8 Å². The highest BCUT2D eigenvalue weighted by Gasteiger charge is 2.09. The van der Waals surface area contributed by atoms with E-state index in [1.165, 1.54) is 5.75 Å². The Labute approximate surface area is 60.8 Å². The molecule has 1 aliphatic heterocycles. The van der Waals surface area contributed by atoms with E-state index >= 15 is 0 Å². The van der Waals surface area contributed by atoms with Gasteiger partial charge in [-0.1, -0.05) is 0 Å². The van der Waals surface area contributed by atoms with Gasteiger partial charge < -0.3 is 10.6 Å². The van der Waals surface area contributed by atoms with Crippen LogP contribution in [0.5, 0.6) is 0 Å². The van der Waals surface area contributed by atoms with Crippen molar-refractivity contribution in [3.63, 3.8) is 0 Å². The lowest BCUT2D eigenvalue weighted by Crippen LogP contribution is -2.49. The standard InChI is InChI=1S/C6H14N2S/c1-9-5-6-4-7-2-3-8-6/h6-8H,2-5H2,1H3. The third kappa shape index (κ3) is 2.56. The number of thioether (sulfide) groups is 1. The van der Waals surface area contributed by atoms with E-state index in [0.717, 1.165) is 19.6 Å². The van der Waals surface area contributed by atoms with E-state index in [1.807, 2.05) is 11.8 Å². The van der Waals surface area contributed by atoms with Crippen LogP contribution in [0.15, 0.2) is 0 Å². The summed E-state index contributed by atoms with van der Waals surface area (Å²) in [5.74, 6) is 1.23. The van der Waals surface area contributed by atoms with Crippen LogP contribution in [0.3, 0.4) is 0 Å². The largest absolute Gasteiger partial charge is 0.314 e. The normalized spacial score (nSPS) is 28.3. The molecule has 1 rings (SSSR count). The molecule has 1 unspecified atom stereocenters. The fourth-order valence-corrected chi connectivity index (χ4v) is 1.67. The first-order valence-electron chi connectivity index (χ1n) is 3.36. The number of piperazine rings is 1. The van der Waals surface area contributed by atoms with Crippen molar-refractivity contribution in [1.82, 2.24) is 10.6 Å². The fourth-order valence-electron chi connectivity index (χ4n) is 1.03. The van der Waals surface area contributed by atoms with Gasteiger partial charge in [-0.25, -0.2) is 0 Å². The maximum atomic E-state index is 3.44. The summed E-state index contributed by atoms with van der Waals surface area (Å²) in [4.78, 5) is 0. The summed E-state index contributed by atoms with van der Waals surface area (Å²) in [6.45, 7) is 3.40. The molecule has 0 amide bonds. The molecule has 1 saturated heterocycles. The molecule has 0 spiro atoms. The molecule has 1 atom stereocenters. The Morgan fingerprint density at radius 1 is 1.56 bits per heavy atom. The van der Waals surface area contributed by atoms with E-state index in [9.17, 15) is 0 Å². The van der Waals surface area contributed by atoms with Gasteiger partial charge in [-0.15, -0.1) is 0 Å². The minimum Gasteiger partial charge on any atom is -0.314 e. The number of rotatable bonds is 2. The molecule has 0 radical (unpaired) electrons. The average Bonchev–Trinajstić information content (AvgIpc) is 1.91. The predicted molar refractivity (Wildman–Crippen MR) is 43.0 cm³/mol. The first-order chi connectivity index (χ1) is 4.43. The minimum atomic E-state index is 0.703. The van der Waals surface area contributed by atoms with E-state index in [4.69, 9.17) is 0 Å². The summed E-state index contributed by atoms with van der Waals surface area (Å²) in [5, 5.41) is 6.78. The molecule has 2 N–H and O–H groups in total. The van der Waals surface area contributed by atoms with Gasteiger partial charge in [0.15, 0.2) is 0 Å². The van der Waals surface area contributed by atoms with Gasteiger partial charge in [-0.3, -0.25) is 0 Å². The monoisotopic (exact) mass is 146 g/mol. The van der Waals surface area contributed by atoms with Crippen molar-refractivity contribution in [2.75, 3.05) is 31.6 Å². The van der Waals surface area contributed by atoms with Crippen molar-refractivity contribution in [2.45, 2.75) is 6.04 Å². The van der Waals surface area contributed by atoms with Crippen LogP contribution in [0.2, 0.25) is 0 Å². The third-order valence-electron chi connectivity index (χ3n) is 1.49. The molecule has 0 aliphatic carbocycles. The lowest BCUT2D eigenvalue weighted by Gasteiger charge is -2.23. The van der Waals surface area contributed by atoms with Gasteiger partial charge >= 0.3 is 0 Å². The third-order valence-corrected chi connectivity index (χ3v) is 2.23. The summed E-state index contributed by atoms with van der Waals surface area (Å²) < 4.78 is 0. The van der Waals surface area contributed by atoms with Crippen molar-refractivity contribution in [1.29, 1.82) is 0 Å². The minimum absolute atomic E-state index is 0.703. The Bertz CT molecular complexity index is 68.7. The van der Waals surface area contributed by atoms with Gasteiger partial charge in [0.25, 0.3) is 0 Å². The molecular weight excluding hydrogens is 132 g/mol. The maximum absolute atomic E-state index is 3.44. The maximum Gasteiger partial charge on any atom is 0.0283 e. The second kappa shape index (κ2) is 4.14.